The van der Waals surface area contributed by atoms with Crippen LogP contribution >= 0.6 is 22.9 Å². The molecular formula is C17H17ClN4OS. The lowest BCUT2D eigenvalue weighted by Crippen LogP contribution is -2.06. The minimum absolute atomic E-state index is 0.00209. The summed E-state index contributed by atoms with van der Waals surface area (Å²) in [5, 5.41) is 13.1. The summed E-state index contributed by atoms with van der Waals surface area (Å²) in [7, 11) is 0. The smallest absolute Gasteiger partial charge is 0.316 e. The third-order valence-corrected chi connectivity index (χ3v) is 5.41. The van der Waals surface area contributed by atoms with E-state index in [9.17, 15) is 0 Å². The number of rotatable bonds is 5. The molecular weight excluding hydrogens is 344 g/mol. The first-order chi connectivity index (χ1) is 11.6. The molecule has 1 unspecified atom stereocenters. The van der Waals surface area contributed by atoms with Gasteiger partial charge >= 0.3 is 6.01 Å². The Morgan fingerprint density at radius 2 is 2.00 bits per heavy atom. The highest BCUT2D eigenvalue weighted by atomic mass is 35.5. The van der Waals surface area contributed by atoms with Crippen molar-refractivity contribution >= 4 is 29.0 Å². The van der Waals surface area contributed by atoms with Crippen LogP contribution in [0.2, 0.25) is 5.02 Å². The van der Waals surface area contributed by atoms with Crippen molar-refractivity contribution in [1.82, 2.24) is 15.2 Å². The van der Waals surface area contributed by atoms with E-state index in [1.807, 2.05) is 31.2 Å². The lowest BCUT2D eigenvalue weighted by Gasteiger charge is -2.07. The van der Waals surface area contributed by atoms with Gasteiger partial charge in [0.05, 0.1) is 11.7 Å². The minimum atomic E-state index is 0.00209. The van der Waals surface area contributed by atoms with Crippen molar-refractivity contribution in [3.63, 3.8) is 0 Å². The van der Waals surface area contributed by atoms with E-state index in [-0.39, 0.29) is 6.04 Å². The molecule has 0 saturated heterocycles. The zero-order chi connectivity index (χ0) is 16.7. The number of nitrogens with one attached hydrogen (secondary N) is 1. The lowest BCUT2D eigenvalue weighted by atomic mass is 10.1. The molecule has 2 heterocycles. The van der Waals surface area contributed by atoms with Gasteiger partial charge in [0.1, 0.15) is 5.01 Å². The molecule has 1 aliphatic rings. The van der Waals surface area contributed by atoms with Gasteiger partial charge in [-0.3, -0.25) is 0 Å². The Morgan fingerprint density at radius 3 is 2.71 bits per heavy atom. The number of hydrogen-bond acceptors (Lipinski definition) is 6. The van der Waals surface area contributed by atoms with Gasteiger partial charge in [-0.25, -0.2) is 4.98 Å². The zero-order valence-electron chi connectivity index (χ0n) is 13.4. The quantitative estimate of drug-likeness (QED) is 0.677. The maximum Gasteiger partial charge on any atom is 0.316 e. The summed E-state index contributed by atoms with van der Waals surface area (Å²) >= 11 is 7.63. The number of benzene rings is 1. The van der Waals surface area contributed by atoms with E-state index in [0.717, 1.165) is 40.0 Å². The predicted octanol–water partition coefficient (Wildman–Crippen LogP) is 5.21. The van der Waals surface area contributed by atoms with Crippen LogP contribution < -0.4 is 5.32 Å². The Kier molecular flexibility index (Phi) is 4.02. The third kappa shape index (κ3) is 3.16. The van der Waals surface area contributed by atoms with Crippen molar-refractivity contribution in [2.75, 3.05) is 5.32 Å². The molecule has 4 rings (SSSR count). The number of halogens is 1. The van der Waals surface area contributed by atoms with E-state index in [1.54, 1.807) is 11.3 Å². The Morgan fingerprint density at radius 1 is 1.25 bits per heavy atom. The van der Waals surface area contributed by atoms with Crippen LogP contribution in [0.1, 0.15) is 47.5 Å². The number of anilines is 1. The van der Waals surface area contributed by atoms with Crippen molar-refractivity contribution in [3.05, 3.63) is 45.1 Å². The molecule has 0 radical (unpaired) electrons. The fourth-order valence-corrected chi connectivity index (χ4v) is 3.59. The summed E-state index contributed by atoms with van der Waals surface area (Å²) in [5.41, 5.74) is 2.06. The first-order valence-electron chi connectivity index (χ1n) is 7.93. The Balaban J connectivity index is 1.52. The van der Waals surface area contributed by atoms with Crippen molar-refractivity contribution in [2.45, 2.75) is 38.6 Å². The van der Waals surface area contributed by atoms with Gasteiger partial charge in [0.2, 0.25) is 5.89 Å². The van der Waals surface area contributed by atoms with Gasteiger partial charge in [-0.05, 0) is 38.8 Å². The van der Waals surface area contributed by atoms with E-state index >= 15 is 0 Å². The molecule has 1 saturated carbocycles. The largest absolute Gasteiger partial charge is 0.408 e. The zero-order valence-corrected chi connectivity index (χ0v) is 15.0. The van der Waals surface area contributed by atoms with Crippen molar-refractivity contribution < 1.29 is 4.42 Å². The monoisotopic (exact) mass is 360 g/mol. The molecule has 2 aromatic heterocycles. The first kappa shape index (κ1) is 15.6. The summed E-state index contributed by atoms with van der Waals surface area (Å²) in [6.07, 6.45) is 2.29. The normalized spacial score (nSPS) is 15.5. The topological polar surface area (TPSA) is 63.8 Å². The molecule has 0 bridgehead atoms. The van der Waals surface area contributed by atoms with Gasteiger partial charge in [-0.1, -0.05) is 28.8 Å². The SMILES string of the molecule is Cc1sc(C(C)Nc2nnc(C3CC3)o2)nc1-c1ccc(Cl)cc1. The average molecular weight is 361 g/mol. The second-order valence-electron chi connectivity index (χ2n) is 6.05. The highest BCUT2D eigenvalue weighted by Gasteiger charge is 2.29. The molecule has 3 aromatic rings. The van der Waals surface area contributed by atoms with Crippen LogP contribution in [0.4, 0.5) is 6.01 Å². The van der Waals surface area contributed by atoms with Gasteiger partial charge in [-0.2, -0.15) is 0 Å². The summed E-state index contributed by atoms with van der Waals surface area (Å²) in [6.45, 7) is 4.13. The maximum absolute atomic E-state index is 5.96. The highest BCUT2D eigenvalue weighted by molar-refractivity contribution is 7.12. The second-order valence-corrected chi connectivity index (χ2v) is 7.72. The molecule has 0 aliphatic heterocycles. The molecule has 1 aromatic carbocycles. The second kappa shape index (κ2) is 6.18. The molecule has 7 heteroatoms. The molecule has 1 atom stereocenters. The number of aromatic nitrogens is 3. The van der Waals surface area contributed by atoms with Crippen LogP contribution in [-0.4, -0.2) is 15.2 Å². The summed E-state index contributed by atoms with van der Waals surface area (Å²) in [6, 6.07) is 8.22. The lowest BCUT2D eigenvalue weighted by molar-refractivity contribution is 0.503. The van der Waals surface area contributed by atoms with E-state index in [0.29, 0.717) is 11.9 Å². The molecule has 5 nitrogen and oxygen atoms in total. The van der Waals surface area contributed by atoms with E-state index < -0.39 is 0 Å². The van der Waals surface area contributed by atoms with Gasteiger partial charge in [-0.15, -0.1) is 16.4 Å². The highest BCUT2D eigenvalue weighted by Crippen LogP contribution is 2.40. The van der Waals surface area contributed by atoms with Crippen LogP contribution in [0, 0.1) is 6.92 Å². The predicted molar refractivity (Wildman–Crippen MR) is 95.6 cm³/mol. The molecule has 1 N–H and O–H groups in total. The molecule has 1 fully saturated rings. The summed E-state index contributed by atoms with van der Waals surface area (Å²) in [5.74, 6) is 1.20. The first-order valence-corrected chi connectivity index (χ1v) is 9.13. The number of thiazole rings is 1. The molecule has 1 aliphatic carbocycles. The molecule has 24 heavy (non-hydrogen) atoms. The molecule has 0 amide bonds. The van der Waals surface area contributed by atoms with E-state index in [1.165, 1.54) is 4.88 Å². The summed E-state index contributed by atoms with van der Waals surface area (Å²) in [4.78, 5) is 5.95. The fourth-order valence-electron chi connectivity index (χ4n) is 2.51. The van der Waals surface area contributed by atoms with Crippen LogP contribution in [0.5, 0.6) is 0 Å². The van der Waals surface area contributed by atoms with Gasteiger partial charge in [0.25, 0.3) is 0 Å². The third-order valence-electron chi connectivity index (χ3n) is 4.01. The van der Waals surface area contributed by atoms with Crippen LogP contribution in [0.3, 0.4) is 0 Å². The Labute approximate surface area is 149 Å². The van der Waals surface area contributed by atoms with Crippen LogP contribution in [0.25, 0.3) is 11.3 Å². The number of nitrogens with zero attached hydrogens (tertiary/aromatic N) is 3. The molecule has 124 valence electrons. The maximum atomic E-state index is 5.96. The standard InChI is InChI=1S/C17H17ClN4OS/c1-9(19-17-22-21-15(23-17)12-3-4-12)16-20-14(10(2)24-16)11-5-7-13(18)8-6-11/h5-9,12H,3-4H2,1-2H3,(H,19,22). The van der Waals surface area contributed by atoms with Crippen LogP contribution in [0.15, 0.2) is 28.7 Å². The van der Waals surface area contributed by atoms with Gasteiger partial charge in [0, 0.05) is 21.4 Å². The fraction of sp³-hybridized carbons (Fsp3) is 0.353. The van der Waals surface area contributed by atoms with E-state index in [2.05, 4.69) is 22.4 Å². The van der Waals surface area contributed by atoms with Gasteiger partial charge < -0.3 is 9.73 Å². The van der Waals surface area contributed by atoms with Crippen LogP contribution in [-0.2, 0) is 0 Å². The van der Waals surface area contributed by atoms with Crippen molar-refractivity contribution in [2.24, 2.45) is 0 Å². The minimum Gasteiger partial charge on any atom is -0.408 e. The number of aryl methyl sites for hydroxylation is 1. The van der Waals surface area contributed by atoms with E-state index in [4.69, 9.17) is 21.0 Å². The number of hydrogen-bond donors (Lipinski definition) is 1. The Hall–Kier alpha value is -1.92. The van der Waals surface area contributed by atoms with Gasteiger partial charge in [0.15, 0.2) is 0 Å². The summed E-state index contributed by atoms with van der Waals surface area (Å²) < 4.78 is 5.66. The molecule has 0 spiro atoms. The average Bonchev–Trinajstić information content (AvgIpc) is 3.19. The van der Waals surface area contributed by atoms with Crippen molar-refractivity contribution in [1.29, 1.82) is 0 Å². The van der Waals surface area contributed by atoms with Crippen molar-refractivity contribution in [3.8, 4) is 11.3 Å². The Bertz CT molecular complexity index is 854.